The van der Waals surface area contributed by atoms with Gasteiger partial charge in [-0.05, 0) is 37.9 Å². The summed E-state index contributed by atoms with van der Waals surface area (Å²) in [4.78, 5) is 3.79. The summed E-state index contributed by atoms with van der Waals surface area (Å²) in [5.74, 6) is -0.309. The van der Waals surface area contributed by atoms with Crippen molar-refractivity contribution in [2.75, 3.05) is 13.2 Å². The van der Waals surface area contributed by atoms with Gasteiger partial charge in [-0.1, -0.05) is 0 Å². The lowest BCUT2D eigenvalue weighted by Gasteiger charge is -2.13. The van der Waals surface area contributed by atoms with Gasteiger partial charge in [0.05, 0.1) is 6.20 Å². The Morgan fingerprint density at radius 1 is 1.47 bits per heavy atom. The number of hydrogen-bond acceptors (Lipinski definition) is 3. The molecular formula is C11H17FN2O. The highest BCUT2D eigenvalue weighted by Gasteiger charge is 2.05. The monoisotopic (exact) mass is 212 g/mol. The fourth-order valence-corrected chi connectivity index (χ4v) is 1.34. The lowest BCUT2D eigenvalue weighted by atomic mass is 10.1. The van der Waals surface area contributed by atoms with Gasteiger partial charge in [0.2, 0.25) is 0 Å². The zero-order valence-electron chi connectivity index (χ0n) is 8.91. The van der Waals surface area contributed by atoms with Crippen molar-refractivity contribution >= 4 is 0 Å². The highest BCUT2D eigenvalue weighted by Crippen LogP contribution is 2.11. The standard InChI is InChI=1S/C11H17FN2O/c1-9(14-4-2-3-5-15)10-6-11(12)8-13-7-10/h6-9,14-15H,2-5H2,1H3. The van der Waals surface area contributed by atoms with Gasteiger partial charge in [0.1, 0.15) is 5.82 Å². The van der Waals surface area contributed by atoms with Crippen molar-refractivity contribution in [3.05, 3.63) is 29.8 Å². The minimum Gasteiger partial charge on any atom is -0.396 e. The number of nitrogens with zero attached hydrogens (tertiary/aromatic N) is 1. The molecule has 0 bridgehead atoms. The summed E-state index contributed by atoms with van der Waals surface area (Å²) < 4.78 is 12.8. The number of pyridine rings is 1. The Morgan fingerprint density at radius 3 is 2.93 bits per heavy atom. The number of aromatic nitrogens is 1. The smallest absolute Gasteiger partial charge is 0.141 e. The van der Waals surface area contributed by atoms with Gasteiger partial charge >= 0.3 is 0 Å². The summed E-state index contributed by atoms with van der Waals surface area (Å²) in [7, 11) is 0. The Hall–Kier alpha value is -1.00. The Balaban J connectivity index is 2.36. The quantitative estimate of drug-likeness (QED) is 0.705. The Morgan fingerprint density at radius 2 is 2.27 bits per heavy atom. The van der Waals surface area contributed by atoms with Crippen molar-refractivity contribution in [1.82, 2.24) is 10.3 Å². The van der Waals surface area contributed by atoms with Gasteiger partial charge in [0.15, 0.2) is 0 Å². The lowest BCUT2D eigenvalue weighted by molar-refractivity contribution is 0.283. The van der Waals surface area contributed by atoms with Crippen molar-refractivity contribution < 1.29 is 9.50 Å². The SMILES string of the molecule is CC(NCCCCO)c1cncc(F)c1. The maximum Gasteiger partial charge on any atom is 0.141 e. The molecule has 1 aromatic rings. The largest absolute Gasteiger partial charge is 0.396 e. The molecule has 1 aromatic heterocycles. The molecule has 1 rings (SSSR count). The van der Waals surface area contributed by atoms with E-state index in [0.29, 0.717) is 0 Å². The average molecular weight is 212 g/mol. The van der Waals surface area contributed by atoms with Gasteiger partial charge in [0, 0.05) is 18.8 Å². The highest BCUT2D eigenvalue weighted by atomic mass is 19.1. The van der Waals surface area contributed by atoms with Crippen molar-refractivity contribution in [3.63, 3.8) is 0 Å². The molecule has 4 heteroatoms. The molecule has 0 amide bonds. The second-order valence-corrected chi connectivity index (χ2v) is 3.54. The van der Waals surface area contributed by atoms with Gasteiger partial charge < -0.3 is 10.4 Å². The first-order valence-electron chi connectivity index (χ1n) is 5.18. The molecule has 2 N–H and O–H groups in total. The molecule has 0 aliphatic carbocycles. The number of aliphatic hydroxyl groups excluding tert-OH is 1. The molecule has 1 atom stereocenters. The van der Waals surface area contributed by atoms with Crippen LogP contribution >= 0.6 is 0 Å². The Bertz CT molecular complexity index is 294. The molecular weight excluding hydrogens is 195 g/mol. The van der Waals surface area contributed by atoms with E-state index in [1.54, 1.807) is 6.20 Å². The van der Waals surface area contributed by atoms with Gasteiger partial charge in [-0.2, -0.15) is 0 Å². The first kappa shape index (κ1) is 12.1. The van der Waals surface area contributed by atoms with Crippen LogP contribution < -0.4 is 5.32 Å². The maximum atomic E-state index is 12.8. The normalized spacial score (nSPS) is 12.7. The molecule has 0 aromatic carbocycles. The predicted molar refractivity (Wildman–Crippen MR) is 56.9 cm³/mol. The molecule has 1 unspecified atom stereocenters. The van der Waals surface area contributed by atoms with Crippen LogP contribution in [0.2, 0.25) is 0 Å². The van der Waals surface area contributed by atoms with Crippen LogP contribution in [-0.2, 0) is 0 Å². The molecule has 0 saturated carbocycles. The maximum absolute atomic E-state index is 12.8. The van der Waals surface area contributed by atoms with E-state index in [0.717, 1.165) is 24.9 Å². The van der Waals surface area contributed by atoms with Gasteiger partial charge in [-0.3, -0.25) is 4.98 Å². The third-order valence-electron chi connectivity index (χ3n) is 2.26. The topological polar surface area (TPSA) is 45.1 Å². The minimum atomic E-state index is -0.309. The first-order chi connectivity index (χ1) is 7.24. The van der Waals surface area contributed by atoms with E-state index < -0.39 is 0 Å². The zero-order valence-corrected chi connectivity index (χ0v) is 8.91. The van der Waals surface area contributed by atoms with Crippen LogP contribution in [0.15, 0.2) is 18.5 Å². The van der Waals surface area contributed by atoms with Crippen LogP contribution in [0.1, 0.15) is 31.4 Å². The molecule has 15 heavy (non-hydrogen) atoms. The summed E-state index contributed by atoms with van der Waals surface area (Å²) >= 11 is 0. The summed E-state index contributed by atoms with van der Waals surface area (Å²) in [5.41, 5.74) is 0.846. The highest BCUT2D eigenvalue weighted by molar-refractivity contribution is 5.13. The van der Waals surface area contributed by atoms with Crippen LogP contribution in [-0.4, -0.2) is 23.2 Å². The number of halogens is 1. The third-order valence-corrected chi connectivity index (χ3v) is 2.26. The Kier molecular flexibility index (Phi) is 5.21. The van der Waals surface area contributed by atoms with Crippen molar-refractivity contribution in [2.24, 2.45) is 0 Å². The average Bonchev–Trinajstić information content (AvgIpc) is 2.24. The number of nitrogens with one attached hydrogen (secondary N) is 1. The van der Waals surface area contributed by atoms with E-state index in [2.05, 4.69) is 10.3 Å². The van der Waals surface area contributed by atoms with Crippen molar-refractivity contribution in [2.45, 2.75) is 25.8 Å². The van der Waals surface area contributed by atoms with Crippen LogP contribution in [0.5, 0.6) is 0 Å². The molecule has 1 heterocycles. The van der Waals surface area contributed by atoms with Crippen LogP contribution in [0.4, 0.5) is 4.39 Å². The number of aliphatic hydroxyl groups is 1. The van der Waals surface area contributed by atoms with E-state index in [4.69, 9.17) is 5.11 Å². The number of rotatable bonds is 6. The second kappa shape index (κ2) is 6.48. The zero-order chi connectivity index (χ0) is 11.1. The molecule has 0 spiro atoms. The molecule has 0 aliphatic heterocycles. The fourth-order valence-electron chi connectivity index (χ4n) is 1.34. The lowest BCUT2D eigenvalue weighted by Crippen LogP contribution is -2.20. The molecule has 0 saturated heterocycles. The molecule has 0 aliphatic rings. The van der Waals surface area contributed by atoms with Crippen LogP contribution in [0.25, 0.3) is 0 Å². The summed E-state index contributed by atoms with van der Waals surface area (Å²) in [6.07, 6.45) is 4.57. The van der Waals surface area contributed by atoms with Gasteiger partial charge in [0.25, 0.3) is 0 Å². The molecule has 0 fully saturated rings. The van der Waals surface area contributed by atoms with Crippen LogP contribution in [0, 0.1) is 5.82 Å². The molecule has 3 nitrogen and oxygen atoms in total. The molecule has 84 valence electrons. The second-order valence-electron chi connectivity index (χ2n) is 3.54. The Labute approximate surface area is 89.4 Å². The van der Waals surface area contributed by atoms with Gasteiger partial charge in [-0.15, -0.1) is 0 Å². The van der Waals surface area contributed by atoms with Crippen molar-refractivity contribution in [1.29, 1.82) is 0 Å². The van der Waals surface area contributed by atoms with E-state index in [1.165, 1.54) is 12.3 Å². The van der Waals surface area contributed by atoms with E-state index in [1.807, 2.05) is 6.92 Å². The summed E-state index contributed by atoms with van der Waals surface area (Å²) in [6, 6.07) is 1.57. The summed E-state index contributed by atoms with van der Waals surface area (Å²) in [5, 5.41) is 11.8. The first-order valence-corrected chi connectivity index (χ1v) is 5.18. The third kappa shape index (κ3) is 4.36. The van der Waals surface area contributed by atoms with E-state index >= 15 is 0 Å². The minimum absolute atomic E-state index is 0.0897. The molecule has 0 radical (unpaired) electrons. The predicted octanol–water partition coefficient (Wildman–Crippen LogP) is 1.64. The van der Waals surface area contributed by atoms with E-state index in [-0.39, 0.29) is 18.5 Å². The number of unbranched alkanes of at least 4 members (excludes halogenated alkanes) is 1. The van der Waals surface area contributed by atoms with E-state index in [9.17, 15) is 4.39 Å². The van der Waals surface area contributed by atoms with Gasteiger partial charge in [-0.25, -0.2) is 4.39 Å². The number of hydrogen-bond donors (Lipinski definition) is 2. The van der Waals surface area contributed by atoms with Crippen LogP contribution in [0.3, 0.4) is 0 Å². The fraction of sp³-hybridized carbons (Fsp3) is 0.545. The van der Waals surface area contributed by atoms with Crippen molar-refractivity contribution in [3.8, 4) is 0 Å². The summed E-state index contributed by atoms with van der Waals surface area (Å²) in [6.45, 7) is 3.01.